The van der Waals surface area contributed by atoms with Crippen molar-refractivity contribution in [1.82, 2.24) is 14.5 Å². The normalized spacial score (nSPS) is 14.9. The summed E-state index contributed by atoms with van der Waals surface area (Å²) in [4.78, 5) is 24.0. The first-order valence-corrected chi connectivity index (χ1v) is 10.9. The molecule has 0 spiro atoms. The predicted molar refractivity (Wildman–Crippen MR) is 124 cm³/mol. The molecule has 1 unspecified atom stereocenters. The molecule has 0 saturated heterocycles. The highest BCUT2D eigenvalue weighted by atomic mass is 35.5. The Morgan fingerprint density at radius 3 is 2.78 bits per heavy atom. The van der Waals surface area contributed by atoms with Crippen molar-refractivity contribution in [2.24, 2.45) is 7.05 Å². The number of ether oxygens (including phenoxy) is 2. The average Bonchev–Trinajstić information content (AvgIpc) is 3.19. The Kier molecular flexibility index (Phi) is 6.67. The molecule has 1 heterocycles. The number of aromatic nitrogens is 2. The SMILES string of the molecule is COc1cc(CNC2CCc3cc(Cl)ccc32)ccc1OCCn1c(=O)ccn(C)c1=O. The molecule has 1 atom stereocenters. The van der Waals surface area contributed by atoms with Crippen molar-refractivity contribution >= 4 is 11.6 Å². The van der Waals surface area contributed by atoms with Gasteiger partial charge in [-0.2, -0.15) is 0 Å². The molecular weight excluding hydrogens is 430 g/mol. The Morgan fingerprint density at radius 2 is 1.97 bits per heavy atom. The first-order chi connectivity index (χ1) is 15.5. The number of benzene rings is 2. The first-order valence-electron chi connectivity index (χ1n) is 10.5. The summed E-state index contributed by atoms with van der Waals surface area (Å²) in [5.41, 5.74) is 2.98. The molecule has 7 nitrogen and oxygen atoms in total. The van der Waals surface area contributed by atoms with Crippen LogP contribution >= 0.6 is 11.6 Å². The van der Waals surface area contributed by atoms with Crippen LogP contribution in [0.1, 0.15) is 29.2 Å². The number of hydrogen-bond donors (Lipinski definition) is 1. The van der Waals surface area contributed by atoms with Crippen molar-refractivity contribution in [2.75, 3.05) is 13.7 Å². The molecule has 8 heteroatoms. The fraction of sp³-hybridized carbons (Fsp3) is 0.333. The quantitative estimate of drug-likeness (QED) is 0.565. The second kappa shape index (κ2) is 9.63. The third-order valence-corrected chi connectivity index (χ3v) is 6.01. The fourth-order valence-corrected chi connectivity index (χ4v) is 4.24. The maximum atomic E-state index is 12.1. The lowest BCUT2D eigenvalue weighted by atomic mass is 10.1. The van der Waals surface area contributed by atoms with E-state index in [-0.39, 0.29) is 24.4 Å². The summed E-state index contributed by atoms with van der Waals surface area (Å²) in [5, 5.41) is 4.39. The fourth-order valence-electron chi connectivity index (χ4n) is 4.05. The van der Waals surface area contributed by atoms with Gasteiger partial charge in [0, 0.05) is 36.9 Å². The number of aryl methyl sites for hydroxylation is 2. The van der Waals surface area contributed by atoms with E-state index in [9.17, 15) is 9.59 Å². The highest BCUT2D eigenvalue weighted by Gasteiger charge is 2.22. The summed E-state index contributed by atoms with van der Waals surface area (Å²) < 4.78 is 13.8. The van der Waals surface area contributed by atoms with Crippen molar-refractivity contribution in [2.45, 2.75) is 32.0 Å². The molecule has 1 aliphatic carbocycles. The van der Waals surface area contributed by atoms with Crippen LogP contribution in [0.15, 0.2) is 58.3 Å². The monoisotopic (exact) mass is 455 g/mol. The average molecular weight is 456 g/mol. The van der Waals surface area contributed by atoms with E-state index in [1.54, 1.807) is 14.2 Å². The summed E-state index contributed by atoms with van der Waals surface area (Å²) >= 11 is 6.11. The van der Waals surface area contributed by atoms with E-state index in [0.29, 0.717) is 24.1 Å². The molecule has 4 rings (SSSR count). The van der Waals surface area contributed by atoms with Crippen LogP contribution in [0.5, 0.6) is 11.5 Å². The highest BCUT2D eigenvalue weighted by molar-refractivity contribution is 6.30. The molecule has 0 fully saturated rings. The number of nitrogens with zero attached hydrogens (tertiary/aromatic N) is 2. The number of nitrogens with one attached hydrogen (secondary N) is 1. The van der Waals surface area contributed by atoms with Crippen LogP contribution in [-0.4, -0.2) is 22.9 Å². The molecule has 1 N–H and O–H groups in total. The van der Waals surface area contributed by atoms with Gasteiger partial charge in [0.15, 0.2) is 11.5 Å². The minimum absolute atomic E-state index is 0.157. The van der Waals surface area contributed by atoms with Crippen molar-refractivity contribution in [3.05, 3.63) is 91.2 Å². The summed E-state index contributed by atoms with van der Waals surface area (Å²) in [6.45, 7) is 1.03. The number of hydrogen-bond acceptors (Lipinski definition) is 5. The van der Waals surface area contributed by atoms with Crippen LogP contribution in [0.3, 0.4) is 0 Å². The van der Waals surface area contributed by atoms with E-state index >= 15 is 0 Å². The van der Waals surface area contributed by atoms with Gasteiger partial charge in [0.2, 0.25) is 0 Å². The lowest BCUT2D eigenvalue weighted by molar-refractivity contribution is 0.275. The van der Waals surface area contributed by atoms with Crippen LogP contribution in [0, 0.1) is 0 Å². The van der Waals surface area contributed by atoms with Gasteiger partial charge in [-0.1, -0.05) is 23.7 Å². The zero-order chi connectivity index (χ0) is 22.7. The Labute approximate surface area is 191 Å². The molecule has 168 valence electrons. The lowest BCUT2D eigenvalue weighted by Gasteiger charge is -2.16. The molecule has 0 aliphatic heterocycles. The Morgan fingerprint density at radius 1 is 1.12 bits per heavy atom. The van der Waals surface area contributed by atoms with Gasteiger partial charge in [-0.3, -0.25) is 9.36 Å². The molecule has 0 amide bonds. The van der Waals surface area contributed by atoms with Gasteiger partial charge in [0.1, 0.15) is 6.61 Å². The summed E-state index contributed by atoms with van der Waals surface area (Å²) in [5.74, 6) is 1.18. The van der Waals surface area contributed by atoms with Gasteiger partial charge >= 0.3 is 5.69 Å². The predicted octanol–water partition coefficient (Wildman–Crippen LogP) is 3.07. The second-order valence-electron chi connectivity index (χ2n) is 7.85. The van der Waals surface area contributed by atoms with E-state index in [0.717, 1.165) is 28.0 Å². The van der Waals surface area contributed by atoms with Gasteiger partial charge in [-0.25, -0.2) is 4.79 Å². The summed E-state index contributed by atoms with van der Waals surface area (Å²) in [6.07, 6.45) is 3.53. The molecule has 1 aromatic heterocycles. The molecule has 0 saturated carbocycles. The van der Waals surface area contributed by atoms with E-state index in [1.165, 1.54) is 28.0 Å². The van der Waals surface area contributed by atoms with Crippen LogP contribution in [-0.2, 0) is 26.6 Å². The molecule has 32 heavy (non-hydrogen) atoms. The Balaban J connectivity index is 1.38. The number of methoxy groups -OCH3 is 1. The van der Waals surface area contributed by atoms with Gasteiger partial charge in [0.05, 0.1) is 13.7 Å². The molecular formula is C24H26ClN3O4. The summed E-state index contributed by atoms with van der Waals surface area (Å²) in [6, 6.07) is 13.5. The smallest absolute Gasteiger partial charge is 0.330 e. The Bertz CT molecular complexity index is 1230. The minimum Gasteiger partial charge on any atom is -0.493 e. The maximum Gasteiger partial charge on any atom is 0.330 e. The zero-order valence-corrected chi connectivity index (χ0v) is 18.9. The van der Waals surface area contributed by atoms with Crippen molar-refractivity contribution in [1.29, 1.82) is 0 Å². The van der Waals surface area contributed by atoms with Gasteiger partial charge in [-0.05, 0) is 53.8 Å². The van der Waals surface area contributed by atoms with Crippen molar-refractivity contribution in [3.8, 4) is 11.5 Å². The van der Waals surface area contributed by atoms with E-state index < -0.39 is 0 Å². The van der Waals surface area contributed by atoms with Crippen LogP contribution in [0.2, 0.25) is 5.02 Å². The van der Waals surface area contributed by atoms with E-state index in [1.807, 2.05) is 30.3 Å². The third-order valence-electron chi connectivity index (χ3n) is 5.78. The number of fused-ring (bicyclic) bond motifs is 1. The lowest BCUT2D eigenvalue weighted by Crippen LogP contribution is -2.39. The first kappa shape index (κ1) is 22.2. The third kappa shape index (κ3) is 4.74. The highest BCUT2D eigenvalue weighted by Crippen LogP contribution is 2.33. The van der Waals surface area contributed by atoms with E-state index in [4.69, 9.17) is 21.1 Å². The molecule has 0 radical (unpaired) electrons. The van der Waals surface area contributed by atoms with Gasteiger partial charge in [0.25, 0.3) is 5.56 Å². The van der Waals surface area contributed by atoms with Crippen molar-refractivity contribution in [3.63, 3.8) is 0 Å². The molecule has 1 aliphatic rings. The number of halogens is 1. The molecule has 3 aromatic rings. The van der Waals surface area contributed by atoms with Crippen LogP contribution < -0.4 is 26.0 Å². The van der Waals surface area contributed by atoms with Crippen LogP contribution in [0.4, 0.5) is 0 Å². The van der Waals surface area contributed by atoms with Crippen LogP contribution in [0.25, 0.3) is 0 Å². The van der Waals surface area contributed by atoms with Crippen molar-refractivity contribution < 1.29 is 9.47 Å². The largest absolute Gasteiger partial charge is 0.493 e. The van der Waals surface area contributed by atoms with Gasteiger partial charge in [-0.15, -0.1) is 0 Å². The van der Waals surface area contributed by atoms with Gasteiger partial charge < -0.3 is 19.4 Å². The molecule has 2 aromatic carbocycles. The summed E-state index contributed by atoms with van der Waals surface area (Å²) in [7, 11) is 3.20. The topological polar surface area (TPSA) is 74.5 Å². The molecule has 0 bridgehead atoms. The number of rotatable bonds is 8. The zero-order valence-electron chi connectivity index (χ0n) is 18.1. The minimum atomic E-state index is -0.370. The Hall–Kier alpha value is -3.03. The second-order valence-corrected chi connectivity index (χ2v) is 8.28. The maximum absolute atomic E-state index is 12.1. The standard InChI is InChI=1S/C24H26ClN3O4/c1-27-10-9-23(29)28(24(27)30)11-12-32-21-8-3-16(13-22(21)31-2)15-26-20-7-4-17-14-18(25)5-6-19(17)20/h3,5-6,8-10,13-14,20,26H,4,7,11-12,15H2,1-2H3. The van der Waals surface area contributed by atoms with E-state index in [2.05, 4.69) is 11.4 Å².